The van der Waals surface area contributed by atoms with Gasteiger partial charge in [0.05, 0.1) is 7.11 Å². The van der Waals surface area contributed by atoms with E-state index in [0.717, 1.165) is 24.1 Å². The minimum Gasteiger partial charge on any atom is -0.464 e. The molecule has 0 fully saturated rings. The number of aryl methyl sites for hydroxylation is 3. The Labute approximate surface area is 124 Å². The Bertz CT molecular complexity index is 717. The van der Waals surface area contributed by atoms with Crippen LogP contribution in [0.15, 0.2) is 24.3 Å². The van der Waals surface area contributed by atoms with E-state index in [1.807, 2.05) is 6.07 Å². The first kappa shape index (κ1) is 13.7. The molecule has 0 bridgehead atoms. The van der Waals surface area contributed by atoms with Gasteiger partial charge in [-0.3, -0.25) is 0 Å². The molecule has 0 radical (unpaired) electrons. The second-order valence-electron chi connectivity index (χ2n) is 5.66. The number of H-pyrrole nitrogens is 1. The van der Waals surface area contributed by atoms with E-state index < -0.39 is 0 Å². The molecule has 0 unspecified atom stereocenters. The highest BCUT2D eigenvalue weighted by atomic mass is 16.5. The van der Waals surface area contributed by atoms with E-state index in [1.165, 1.54) is 29.4 Å². The van der Waals surface area contributed by atoms with Gasteiger partial charge in [0.15, 0.2) is 0 Å². The van der Waals surface area contributed by atoms with Crippen molar-refractivity contribution in [1.82, 2.24) is 4.98 Å². The fraction of sp³-hybridized carbons (Fsp3) is 0.278. The van der Waals surface area contributed by atoms with Gasteiger partial charge in [-0.05, 0) is 49.5 Å². The van der Waals surface area contributed by atoms with E-state index in [0.29, 0.717) is 5.69 Å². The van der Waals surface area contributed by atoms with Crippen LogP contribution in [0.3, 0.4) is 0 Å². The van der Waals surface area contributed by atoms with Gasteiger partial charge in [-0.2, -0.15) is 0 Å². The second kappa shape index (κ2) is 5.24. The summed E-state index contributed by atoms with van der Waals surface area (Å²) in [5.74, 6) is -0.310. The molecular weight excluding hydrogens is 262 g/mol. The number of fused-ring (bicyclic) bond motifs is 1. The van der Waals surface area contributed by atoms with E-state index in [4.69, 9.17) is 4.74 Å². The molecule has 0 saturated heterocycles. The number of aromatic nitrogens is 1. The first-order chi connectivity index (χ1) is 10.1. The average molecular weight is 281 g/mol. The lowest BCUT2D eigenvalue weighted by atomic mass is 10.0. The van der Waals surface area contributed by atoms with E-state index in [9.17, 15) is 4.79 Å². The Morgan fingerprint density at radius 1 is 1.14 bits per heavy atom. The Balaban J connectivity index is 1.98. The molecule has 1 aromatic heterocycles. The molecule has 1 aromatic carbocycles. The van der Waals surface area contributed by atoms with Crippen molar-refractivity contribution in [3.05, 3.63) is 57.9 Å². The van der Waals surface area contributed by atoms with Gasteiger partial charge in [0, 0.05) is 5.69 Å². The molecule has 3 rings (SSSR count). The number of aromatic amines is 1. The minimum atomic E-state index is -0.310. The first-order valence-electron chi connectivity index (χ1n) is 7.16. The van der Waals surface area contributed by atoms with Gasteiger partial charge >= 0.3 is 5.97 Å². The highest BCUT2D eigenvalue weighted by Crippen LogP contribution is 2.34. The summed E-state index contributed by atoms with van der Waals surface area (Å²) in [6.07, 6.45) is 4.18. The molecule has 0 atom stereocenters. The third-order valence-electron chi connectivity index (χ3n) is 3.88. The van der Waals surface area contributed by atoms with Gasteiger partial charge in [0.25, 0.3) is 0 Å². The van der Waals surface area contributed by atoms with Crippen molar-refractivity contribution in [2.75, 3.05) is 7.11 Å². The maximum Gasteiger partial charge on any atom is 0.354 e. The normalized spacial score (nSPS) is 15.3. The fourth-order valence-electron chi connectivity index (χ4n) is 3.04. The molecule has 1 N–H and O–H groups in total. The summed E-state index contributed by atoms with van der Waals surface area (Å²) in [5, 5.41) is 0. The number of carbonyl (C=O) groups is 1. The van der Waals surface area contributed by atoms with Crippen LogP contribution in [0.25, 0.3) is 11.6 Å². The van der Waals surface area contributed by atoms with Crippen molar-refractivity contribution in [2.24, 2.45) is 0 Å². The first-order valence-corrected chi connectivity index (χ1v) is 7.16. The minimum absolute atomic E-state index is 0.310. The zero-order valence-corrected chi connectivity index (χ0v) is 12.6. The molecule has 1 aliphatic rings. The Morgan fingerprint density at radius 3 is 2.52 bits per heavy atom. The number of allylic oxidation sites excluding steroid dienone is 1. The fourth-order valence-corrected chi connectivity index (χ4v) is 3.04. The quantitative estimate of drug-likeness (QED) is 0.848. The van der Waals surface area contributed by atoms with E-state index >= 15 is 0 Å². The maximum absolute atomic E-state index is 11.6. The van der Waals surface area contributed by atoms with Crippen molar-refractivity contribution >= 4 is 17.6 Å². The van der Waals surface area contributed by atoms with Crippen LogP contribution >= 0.6 is 0 Å². The molecule has 0 spiro atoms. The van der Waals surface area contributed by atoms with E-state index in [-0.39, 0.29) is 5.97 Å². The molecule has 3 nitrogen and oxygen atoms in total. The third kappa shape index (κ3) is 2.64. The predicted octanol–water partition coefficient (Wildman–Crippen LogP) is 3.90. The number of benzene rings is 1. The maximum atomic E-state index is 11.6. The van der Waals surface area contributed by atoms with Crippen LogP contribution in [-0.4, -0.2) is 18.1 Å². The van der Waals surface area contributed by atoms with Gasteiger partial charge in [-0.25, -0.2) is 4.79 Å². The van der Waals surface area contributed by atoms with Crippen LogP contribution in [0.4, 0.5) is 0 Å². The molecule has 0 saturated carbocycles. The van der Waals surface area contributed by atoms with Gasteiger partial charge in [-0.15, -0.1) is 0 Å². The zero-order chi connectivity index (χ0) is 15.0. The smallest absolute Gasteiger partial charge is 0.354 e. The van der Waals surface area contributed by atoms with Crippen LogP contribution in [0.1, 0.15) is 44.9 Å². The summed E-state index contributed by atoms with van der Waals surface area (Å²) in [6.45, 7) is 4.22. The Hall–Kier alpha value is -2.29. The summed E-state index contributed by atoms with van der Waals surface area (Å²) < 4.78 is 4.77. The lowest BCUT2D eigenvalue weighted by Crippen LogP contribution is -2.01. The number of rotatable bonds is 2. The van der Waals surface area contributed by atoms with Crippen LogP contribution in [-0.2, 0) is 11.2 Å². The average Bonchev–Trinajstić information content (AvgIpc) is 2.99. The summed E-state index contributed by atoms with van der Waals surface area (Å²) >= 11 is 0. The zero-order valence-electron chi connectivity index (χ0n) is 12.6. The largest absolute Gasteiger partial charge is 0.464 e. The number of carbonyl (C=O) groups excluding carboxylic acids is 1. The van der Waals surface area contributed by atoms with Gasteiger partial charge < -0.3 is 9.72 Å². The molecule has 108 valence electrons. The Morgan fingerprint density at radius 2 is 1.86 bits per heavy atom. The van der Waals surface area contributed by atoms with Crippen molar-refractivity contribution in [3.8, 4) is 0 Å². The standard InChI is InChI=1S/C18H19NO2/c1-11-6-12(2)8-13(7-11)9-14-4-5-16-15(14)10-17(19-16)18(20)21-3/h6-10,19H,4-5H2,1-3H3/b14-9+. The van der Waals surface area contributed by atoms with Crippen molar-refractivity contribution < 1.29 is 9.53 Å². The molecule has 1 aliphatic carbocycles. The number of methoxy groups -OCH3 is 1. The van der Waals surface area contributed by atoms with Crippen molar-refractivity contribution in [1.29, 1.82) is 0 Å². The highest BCUT2D eigenvalue weighted by Gasteiger charge is 2.21. The van der Waals surface area contributed by atoms with Crippen LogP contribution in [0.2, 0.25) is 0 Å². The lowest BCUT2D eigenvalue weighted by Gasteiger charge is -2.02. The molecule has 3 heteroatoms. The number of ether oxygens (including phenoxy) is 1. The topological polar surface area (TPSA) is 42.1 Å². The van der Waals surface area contributed by atoms with E-state index in [2.05, 4.69) is 43.1 Å². The summed E-state index contributed by atoms with van der Waals surface area (Å²) in [7, 11) is 1.40. The van der Waals surface area contributed by atoms with Crippen molar-refractivity contribution in [2.45, 2.75) is 26.7 Å². The van der Waals surface area contributed by atoms with Crippen LogP contribution in [0, 0.1) is 13.8 Å². The molecule has 1 heterocycles. The molecular formula is C18H19NO2. The van der Waals surface area contributed by atoms with Crippen LogP contribution in [0.5, 0.6) is 0 Å². The van der Waals surface area contributed by atoms with Crippen molar-refractivity contribution in [3.63, 3.8) is 0 Å². The van der Waals surface area contributed by atoms with Crippen LogP contribution < -0.4 is 0 Å². The van der Waals surface area contributed by atoms with Gasteiger partial charge in [-0.1, -0.05) is 35.4 Å². The number of esters is 1. The molecule has 0 amide bonds. The summed E-state index contributed by atoms with van der Waals surface area (Å²) in [4.78, 5) is 14.8. The molecule has 21 heavy (non-hydrogen) atoms. The van der Waals surface area contributed by atoms with Gasteiger partial charge in [0.2, 0.25) is 0 Å². The highest BCUT2D eigenvalue weighted by molar-refractivity contribution is 5.92. The number of hydrogen-bond donors (Lipinski definition) is 1. The predicted molar refractivity (Wildman–Crippen MR) is 84.2 cm³/mol. The summed E-state index contributed by atoms with van der Waals surface area (Å²) in [5.41, 5.74) is 7.85. The molecule has 0 aliphatic heterocycles. The number of hydrogen-bond acceptors (Lipinski definition) is 2. The monoisotopic (exact) mass is 281 g/mol. The molecule has 2 aromatic rings. The van der Waals surface area contributed by atoms with Gasteiger partial charge in [0.1, 0.15) is 5.69 Å². The van der Waals surface area contributed by atoms with E-state index in [1.54, 1.807) is 0 Å². The lowest BCUT2D eigenvalue weighted by molar-refractivity contribution is 0.0594. The Kier molecular flexibility index (Phi) is 3.42. The SMILES string of the molecule is COC(=O)c1cc2c([nH]1)CC/C2=C\c1cc(C)cc(C)c1. The summed E-state index contributed by atoms with van der Waals surface area (Å²) in [6, 6.07) is 8.45. The number of nitrogens with one attached hydrogen (secondary N) is 1. The third-order valence-corrected chi connectivity index (χ3v) is 3.88. The second-order valence-corrected chi connectivity index (χ2v) is 5.66.